The van der Waals surface area contributed by atoms with E-state index in [-0.39, 0.29) is 0 Å². The Morgan fingerprint density at radius 2 is 1.45 bits per heavy atom. The molecule has 0 atom stereocenters. The van der Waals surface area contributed by atoms with Gasteiger partial charge in [-0.2, -0.15) is 0 Å². The van der Waals surface area contributed by atoms with Crippen LogP contribution in [-0.4, -0.2) is 0 Å². The van der Waals surface area contributed by atoms with E-state index in [4.69, 9.17) is 0 Å². The summed E-state index contributed by atoms with van der Waals surface area (Å²) in [5.74, 6) is 0. The molecule has 0 heteroatoms. The van der Waals surface area contributed by atoms with Crippen molar-refractivity contribution < 1.29 is 0 Å². The highest BCUT2D eigenvalue weighted by molar-refractivity contribution is 5.39. The average molecular weight is 150 g/mol. The van der Waals surface area contributed by atoms with Gasteiger partial charge in [-0.05, 0) is 45.8 Å². The lowest BCUT2D eigenvalue weighted by Gasteiger charge is -2.06. The van der Waals surface area contributed by atoms with Crippen LogP contribution in [0.4, 0.5) is 0 Å². The zero-order chi connectivity index (χ0) is 9.02. The highest BCUT2D eigenvalue weighted by Crippen LogP contribution is 2.17. The molecular weight excluding hydrogens is 132 g/mol. The molecule has 0 amide bonds. The van der Waals surface area contributed by atoms with Gasteiger partial charge in [0.05, 0.1) is 0 Å². The Morgan fingerprint density at radius 1 is 1.00 bits per heavy atom. The molecule has 62 valence electrons. The molecule has 0 N–H and O–H groups in total. The predicted octanol–water partition coefficient (Wildman–Crippen LogP) is 3.87. The van der Waals surface area contributed by atoms with Gasteiger partial charge in [-0.25, -0.2) is 0 Å². The van der Waals surface area contributed by atoms with Crippen molar-refractivity contribution >= 4 is 0 Å². The van der Waals surface area contributed by atoms with Gasteiger partial charge in [0.1, 0.15) is 0 Å². The van der Waals surface area contributed by atoms with Crippen LogP contribution in [0.15, 0.2) is 34.9 Å². The van der Waals surface area contributed by atoms with E-state index in [1.54, 1.807) is 0 Å². The molecule has 0 saturated heterocycles. The fourth-order valence-corrected chi connectivity index (χ4v) is 0.832. The Morgan fingerprint density at radius 3 is 1.73 bits per heavy atom. The summed E-state index contributed by atoms with van der Waals surface area (Å²) in [5.41, 5.74) is 5.15. The number of hydrogen-bond acceptors (Lipinski definition) is 0. The fourth-order valence-electron chi connectivity index (χ4n) is 0.832. The van der Waals surface area contributed by atoms with Gasteiger partial charge in [0.15, 0.2) is 0 Å². The van der Waals surface area contributed by atoms with Gasteiger partial charge >= 0.3 is 0 Å². The number of rotatable bonds is 2. The topological polar surface area (TPSA) is 0 Å². The Kier molecular flexibility index (Phi) is 3.88. The SMILES string of the molecule is C=C(C)C(C)=C(C)C(C)=CC. The summed E-state index contributed by atoms with van der Waals surface area (Å²) in [5, 5.41) is 0. The summed E-state index contributed by atoms with van der Waals surface area (Å²) in [6.07, 6.45) is 2.13. The van der Waals surface area contributed by atoms with Crippen molar-refractivity contribution in [3.63, 3.8) is 0 Å². The van der Waals surface area contributed by atoms with Crippen molar-refractivity contribution in [2.75, 3.05) is 0 Å². The zero-order valence-corrected chi connectivity index (χ0v) is 8.28. The molecule has 0 spiro atoms. The molecule has 0 bridgehead atoms. The zero-order valence-electron chi connectivity index (χ0n) is 8.28. The molecule has 0 heterocycles. The van der Waals surface area contributed by atoms with E-state index in [0.29, 0.717) is 0 Å². The first kappa shape index (κ1) is 10.2. The normalized spacial score (nSPS) is 14.5. The standard InChI is InChI=1S/C11H18/c1-7-9(4)11(6)10(5)8(2)3/h7H,2H2,1,3-6H3. The van der Waals surface area contributed by atoms with E-state index in [9.17, 15) is 0 Å². The van der Waals surface area contributed by atoms with Gasteiger partial charge in [0.25, 0.3) is 0 Å². The second-order valence-corrected chi connectivity index (χ2v) is 3.00. The van der Waals surface area contributed by atoms with Crippen molar-refractivity contribution in [1.82, 2.24) is 0 Å². The lowest BCUT2D eigenvalue weighted by Crippen LogP contribution is -1.86. The summed E-state index contributed by atoms with van der Waals surface area (Å²) in [4.78, 5) is 0. The highest BCUT2D eigenvalue weighted by atomic mass is 14.0. The smallest absolute Gasteiger partial charge is 0.0393 e. The fraction of sp³-hybridized carbons (Fsp3) is 0.455. The Hall–Kier alpha value is -0.780. The van der Waals surface area contributed by atoms with E-state index in [0.717, 1.165) is 5.57 Å². The Bertz CT molecular complexity index is 214. The molecule has 0 aromatic rings. The maximum absolute atomic E-state index is 3.91. The van der Waals surface area contributed by atoms with Crippen molar-refractivity contribution in [3.8, 4) is 0 Å². The predicted molar refractivity (Wildman–Crippen MR) is 52.6 cm³/mol. The Balaban J connectivity index is 4.81. The molecule has 0 aliphatic heterocycles. The minimum absolute atomic E-state index is 1.16. The van der Waals surface area contributed by atoms with Crippen LogP contribution in [0.2, 0.25) is 0 Å². The van der Waals surface area contributed by atoms with Gasteiger partial charge in [-0.15, -0.1) is 0 Å². The molecule has 0 radical (unpaired) electrons. The third kappa shape index (κ3) is 2.75. The lowest BCUT2D eigenvalue weighted by atomic mass is 10.00. The minimum atomic E-state index is 1.16. The van der Waals surface area contributed by atoms with E-state index in [1.165, 1.54) is 16.7 Å². The van der Waals surface area contributed by atoms with E-state index in [1.807, 2.05) is 6.92 Å². The first-order chi connectivity index (χ1) is 5.00. The second-order valence-electron chi connectivity index (χ2n) is 3.00. The van der Waals surface area contributed by atoms with Crippen molar-refractivity contribution in [2.45, 2.75) is 34.6 Å². The first-order valence-electron chi connectivity index (χ1n) is 3.97. The molecule has 0 aliphatic carbocycles. The molecule has 0 rings (SSSR count). The Labute approximate surface area is 70.3 Å². The van der Waals surface area contributed by atoms with Gasteiger partial charge in [0, 0.05) is 0 Å². The second kappa shape index (κ2) is 4.17. The van der Waals surface area contributed by atoms with Crippen LogP contribution >= 0.6 is 0 Å². The summed E-state index contributed by atoms with van der Waals surface area (Å²) < 4.78 is 0. The van der Waals surface area contributed by atoms with Gasteiger partial charge < -0.3 is 0 Å². The lowest BCUT2D eigenvalue weighted by molar-refractivity contribution is 1.22. The third-order valence-corrected chi connectivity index (χ3v) is 2.23. The summed E-state index contributed by atoms with van der Waals surface area (Å²) in [6, 6.07) is 0. The molecule has 0 saturated carbocycles. The van der Waals surface area contributed by atoms with Gasteiger partial charge in [-0.1, -0.05) is 23.8 Å². The molecule has 0 nitrogen and oxygen atoms in total. The van der Waals surface area contributed by atoms with Crippen molar-refractivity contribution in [3.05, 3.63) is 34.9 Å². The molecule has 11 heavy (non-hydrogen) atoms. The van der Waals surface area contributed by atoms with Crippen molar-refractivity contribution in [2.24, 2.45) is 0 Å². The molecule has 0 unspecified atom stereocenters. The van der Waals surface area contributed by atoms with Gasteiger partial charge in [0.2, 0.25) is 0 Å². The number of allylic oxidation sites excluding steroid dienone is 5. The van der Waals surface area contributed by atoms with E-state index >= 15 is 0 Å². The molecule has 0 aliphatic rings. The minimum Gasteiger partial charge on any atom is -0.0958 e. The average Bonchev–Trinajstić information content (AvgIpc) is 2.00. The van der Waals surface area contributed by atoms with E-state index in [2.05, 4.69) is 40.3 Å². The van der Waals surface area contributed by atoms with E-state index < -0.39 is 0 Å². The third-order valence-electron chi connectivity index (χ3n) is 2.23. The number of hydrogen-bond donors (Lipinski definition) is 0. The maximum Gasteiger partial charge on any atom is -0.0393 e. The summed E-state index contributed by atoms with van der Waals surface area (Å²) >= 11 is 0. The first-order valence-corrected chi connectivity index (χ1v) is 3.97. The van der Waals surface area contributed by atoms with Crippen LogP contribution < -0.4 is 0 Å². The molecule has 0 fully saturated rings. The van der Waals surface area contributed by atoms with Crippen LogP contribution in [0.1, 0.15) is 34.6 Å². The quantitative estimate of drug-likeness (QED) is 0.524. The van der Waals surface area contributed by atoms with Crippen LogP contribution in [-0.2, 0) is 0 Å². The van der Waals surface area contributed by atoms with Crippen LogP contribution in [0.5, 0.6) is 0 Å². The largest absolute Gasteiger partial charge is 0.0958 e. The monoisotopic (exact) mass is 150 g/mol. The van der Waals surface area contributed by atoms with Crippen LogP contribution in [0.3, 0.4) is 0 Å². The molecule has 0 aromatic heterocycles. The van der Waals surface area contributed by atoms with Crippen LogP contribution in [0.25, 0.3) is 0 Å². The van der Waals surface area contributed by atoms with Gasteiger partial charge in [-0.3, -0.25) is 0 Å². The summed E-state index contributed by atoms with van der Waals surface area (Å²) in [7, 11) is 0. The highest BCUT2D eigenvalue weighted by Gasteiger charge is 1.97. The molecular formula is C11H18. The van der Waals surface area contributed by atoms with Crippen LogP contribution in [0, 0.1) is 0 Å². The summed E-state index contributed by atoms with van der Waals surface area (Å²) in [6.45, 7) is 14.4. The molecule has 0 aromatic carbocycles. The maximum atomic E-state index is 3.91. The van der Waals surface area contributed by atoms with Crippen molar-refractivity contribution in [1.29, 1.82) is 0 Å².